The molecular weight excluding hydrogens is 552 g/mol. The van der Waals surface area contributed by atoms with Gasteiger partial charge in [0.05, 0.1) is 22.6 Å². The van der Waals surface area contributed by atoms with Gasteiger partial charge in [-0.05, 0) is 51.0 Å². The third-order valence-electron chi connectivity index (χ3n) is 8.64. The van der Waals surface area contributed by atoms with Crippen molar-refractivity contribution in [2.45, 2.75) is 141 Å². The van der Waals surface area contributed by atoms with E-state index in [2.05, 4.69) is 10.6 Å². The van der Waals surface area contributed by atoms with Crippen LogP contribution in [0.15, 0.2) is 30.3 Å². The minimum Gasteiger partial charge on any atom is -0.390 e. The van der Waals surface area contributed by atoms with Crippen LogP contribution >= 0.6 is 0 Å². The summed E-state index contributed by atoms with van der Waals surface area (Å²) in [4.78, 5) is 27.0. The molecule has 1 aromatic rings. The summed E-state index contributed by atoms with van der Waals surface area (Å²) in [7, 11) is -3.52. The molecule has 240 valence electrons. The first-order chi connectivity index (χ1) is 19.7. The quantitative estimate of drug-likeness (QED) is 0.211. The van der Waals surface area contributed by atoms with Crippen molar-refractivity contribution in [2.75, 3.05) is 5.75 Å². The largest absolute Gasteiger partial charge is 0.390 e. The summed E-state index contributed by atoms with van der Waals surface area (Å²) in [6.45, 7) is 10.6. The minimum atomic E-state index is -3.52. The average molecular weight is 609 g/mol. The fourth-order valence-electron chi connectivity index (χ4n) is 5.65. The smallest absolute Gasteiger partial charge is 0.242 e. The van der Waals surface area contributed by atoms with Gasteiger partial charge >= 0.3 is 0 Å². The standard InChI is InChI=1S/C33H56N2O6S/c1-7-8-19-27(32(39)35-28(31(38)30(37)23(2)3)20-24-15-11-9-12-16-24)34-29(36)21-26(25-17-13-10-14-18-25)22-42(40,41)33(4,5)6/h10,13-14,17-18,23-24,26-28,30-31,37-38H,7-9,11-12,15-16,19-22H2,1-6H3,(H,34,36)(H,35,39). The molecule has 0 aliphatic heterocycles. The molecule has 1 saturated carbocycles. The van der Waals surface area contributed by atoms with Crippen LogP contribution in [0.5, 0.6) is 0 Å². The highest BCUT2D eigenvalue weighted by Gasteiger charge is 2.35. The van der Waals surface area contributed by atoms with Crippen molar-refractivity contribution in [3.05, 3.63) is 35.9 Å². The first kappa shape index (κ1) is 36.2. The van der Waals surface area contributed by atoms with Gasteiger partial charge in [0.1, 0.15) is 12.1 Å². The van der Waals surface area contributed by atoms with Crippen molar-refractivity contribution >= 4 is 21.7 Å². The number of unbranched alkanes of at least 4 members (excludes halogenated alkanes) is 1. The molecular formula is C33H56N2O6S. The fraction of sp³-hybridized carbons (Fsp3) is 0.758. The zero-order chi connectivity index (χ0) is 31.5. The average Bonchev–Trinajstić information content (AvgIpc) is 2.93. The van der Waals surface area contributed by atoms with Crippen LogP contribution < -0.4 is 10.6 Å². The van der Waals surface area contributed by atoms with Crippen LogP contribution in [0.25, 0.3) is 0 Å². The Bertz CT molecular complexity index is 1060. The lowest BCUT2D eigenvalue weighted by molar-refractivity contribution is -0.131. The van der Waals surface area contributed by atoms with E-state index in [-0.39, 0.29) is 24.0 Å². The Hall–Kier alpha value is -1.97. The van der Waals surface area contributed by atoms with Crippen LogP contribution in [0.4, 0.5) is 0 Å². The highest BCUT2D eigenvalue weighted by atomic mass is 32.2. The second kappa shape index (κ2) is 16.8. The number of aliphatic hydroxyl groups excluding tert-OH is 2. The Morgan fingerprint density at radius 1 is 0.976 bits per heavy atom. The molecule has 0 saturated heterocycles. The number of aliphatic hydroxyl groups is 2. The van der Waals surface area contributed by atoms with Gasteiger partial charge in [-0.2, -0.15) is 0 Å². The highest BCUT2D eigenvalue weighted by molar-refractivity contribution is 7.92. The lowest BCUT2D eigenvalue weighted by atomic mass is 9.82. The van der Waals surface area contributed by atoms with Crippen molar-refractivity contribution < 1.29 is 28.2 Å². The van der Waals surface area contributed by atoms with Crippen molar-refractivity contribution in [3.63, 3.8) is 0 Å². The molecule has 5 atom stereocenters. The van der Waals surface area contributed by atoms with Gasteiger partial charge in [-0.3, -0.25) is 9.59 Å². The molecule has 1 aliphatic rings. The maximum absolute atomic E-state index is 13.6. The van der Waals surface area contributed by atoms with E-state index in [0.29, 0.717) is 25.2 Å². The maximum atomic E-state index is 13.6. The van der Waals surface area contributed by atoms with Crippen molar-refractivity contribution in [1.82, 2.24) is 10.6 Å². The van der Waals surface area contributed by atoms with Crippen LogP contribution in [0.3, 0.4) is 0 Å². The molecule has 8 nitrogen and oxygen atoms in total. The molecule has 2 rings (SSSR count). The van der Waals surface area contributed by atoms with Crippen molar-refractivity contribution in [1.29, 1.82) is 0 Å². The maximum Gasteiger partial charge on any atom is 0.242 e. The zero-order valence-electron chi connectivity index (χ0n) is 26.6. The van der Waals surface area contributed by atoms with Gasteiger partial charge in [0, 0.05) is 12.3 Å². The third kappa shape index (κ3) is 11.3. The second-order valence-electron chi connectivity index (χ2n) is 13.5. The Kier molecular flexibility index (Phi) is 14.5. The molecule has 5 unspecified atom stereocenters. The van der Waals surface area contributed by atoms with E-state index in [1.807, 2.05) is 51.1 Å². The van der Waals surface area contributed by atoms with E-state index in [9.17, 15) is 28.2 Å². The number of sulfone groups is 1. The van der Waals surface area contributed by atoms with Crippen molar-refractivity contribution in [3.8, 4) is 0 Å². The second-order valence-corrected chi connectivity index (χ2v) is 16.3. The Morgan fingerprint density at radius 2 is 1.60 bits per heavy atom. The molecule has 1 aromatic carbocycles. The summed E-state index contributed by atoms with van der Waals surface area (Å²) >= 11 is 0. The zero-order valence-corrected chi connectivity index (χ0v) is 27.5. The lowest BCUT2D eigenvalue weighted by Crippen LogP contribution is -2.56. The fourth-order valence-corrected chi connectivity index (χ4v) is 6.99. The van der Waals surface area contributed by atoms with Crippen LogP contribution in [-0.2, 0) is 19.4 Å². The predicted octanol–water partition coefficient (Wildman–Crippen LogP) is 4.88. The molecule has 4 N–H and O–H groups in total. The Labute approximate surface area is 254 Å². The number of benzene rings is 1. The minimum absolute atomic E-state index is 0.0740. The molecule has 9 heteroatoms. The first-order valence-corrected chi connectivity index (χ1v) is 17.5. The lowest BCUT2D eigenvalue weighted by Gasteiger charge is -2.34. The molecule has 42 heavy (non-hydrogen) atoms. The molecule has 1 fully saturated rings. The summed E-state index contributed by atoms with van der Waals surface area (Å²) in [6, 6.07) is 7.69. The van der Waals surface area contributed by atoms with E-state index in [0.717, 1.165) is 37.7 Å². The number of rotatable bonds is 16. The summed E-state index contributed by atoms with van der Waals surface area (Å²) in [5.41, 5.74) is 0.758. The molecule has 0 bridgehead atoms. The highest BCUT2D eigenvalue weighted by Crippen LogP contribution is 2.30. The van der Waals surface area contributed by atoms with E-state index in [1.54, 1.807) is 20.8 Å². The monoisotopic (exact) mass is 608 g/mol. The van der Waals surface area contributed by atoms with Gasteiger partial charge in [0.15, 0.2) is 9.84 Å². The Balaban J connectivity index is 2.23. The number of nitrogens with one attached hydrogen (secondary N) is 2. The van der Waals surface area contributed by atoms with Crippen LogP contribution in [-0.4, -0.2) is 65.2 Å². The summed E-state index contributed by atoms with van der Waals surface area (Å²) in [5.74, 6) is -1.34. The van der Waals surface area contributed by atoms with Crippen molar-refractivity contribution in [2.24, 2.45) is 11.8 Å². The number of carbonyl (C=O) groups is 2. The number of hydrogen-bond donors (Lipinski definition) is 4. The summed E-state index contributed by atoms with van der Waals surface area (Å²) in [5, 5.41) is 27.6. The first-order valence-electron chi connectivity index (χ1n) is 15.9. The molecule has 0 radical (unpaired) electrons. The SMILES string of the molecule is CCCCC(NC(=O)CC(CS(=O)(=O)C(C)(C)C)c1ccccc1)C(=O)NC(CC1CCCCC1)C(O)C(O)C(C)C. The number of carbonyl (C=O) groups excluding carboxylic acids is 2. The van der Waals surface area contributed by atoms with E-state index >= 15 is 0 Å². The van der Waals surface area contributed by atoms with Gasteiger partial charge < -0.3 is 20.8 Å². The Morgan fingerprint density at radius 3 is 2.14 bits per heavy atom. The molecule has 0 heterocycles. The van der Waals surface area contributed by atoms with Gasteiger partial charge in [0.25, 0.3) is 0 Å². The number of hydrogen-bond acceptors (Lipinski definition) is 6. The van der Waals surface area contributed by atoms with Gasteiger partial charge in [-0.1, -0.05) is 96.0 Å². The van der Waals surface area contributed by atoms with Gasteiger partial charge in [-0.15, -0.1) is 0 Å². The van der Waals surface area contributed by atoms with E-state index in [4.69, 9.17) is 0 Å². The molecule has 0 aromatic heterocycles. The van der Waals surface area contributed by atoms with E-state index in [1.165, 1.54) is 6.42 Å². The summed E-state index contributed by atoms with van der Waals surface area (Å²) < 4.78 is 25.2. The normalized spacial score (nSPS) is 18.6. The van der Waals surface area contributed by atoms with Crippen LogP contribution in [0.2, 0.25) is 0 Å². The third-order valence-corrected chi connectivity index (χ3v) is 11.3. The predicted molar refractivity (Wildman–Crippen MR) is 169 cm³/mol. The summed E-state index contributed by atoms with van der Waals surface area (Å²) in [6.07, 6.45) is 5.85. The van der Waals surface area contributed by atoms with Crippen LogP contribution in [0, 0.1) is 11.8 Å². The van der Waals surface area contributed by atoms with Gasteiger partial charge in [-0.25, -0.2) is 8.42 Å². The van der Waals surface area contributed by atoms with Crippen LogP contribution in [0.1, 0.15) is 117 Å². The van der Waals surface area contributed by atoms with E-state index < -0.39 is 50.7 Å². The van der Waals surface area contributed by atoms with Gasteiger partial charge in [0.2, 0.25) is 11.8 Å². The topological polar surface area (TPSA) is 133 Å². The number of amides is 2. The molecule has 0 spiro atoms. The molecule has 1 aliphatic carbocycles. The molecule has 2 amide bonds.